The third-order valence-electron chi connectivity index (χ3n) is 5.04. The van der Waals surface area contributed by atoms with Crippen LogP contribution in [0.15, 0.2) is 18.2 Å². The molecule has 2 aliphatic carbocycles. The van der Waals surface area contributed by atoms with E-state index < -0.39 is 11.9 Å². The van der Waals surface area contributed by atoms with E-state index in [1.807, 2.05) is 6.92 Å². The van der Waals surface area contributed by atoms with E-state index in [2.05, 4.69) is 33.8 Å². The van der Waals surface area contributed by atoms with E-state index in [-0.39, 0.29) is 5.91 Å². The first-order chi connectivity index (χ1) is 14.7. The number of amides is 1. The summed E-state index contributed by atoms with van der Waals surface area (Å²) in [5, 5.41) is 31.5. The molecule has 166 valence electrons. The van der Waals surface area contributed by atoms with Crippen LogP contribution >= 0.6 is 22.7 Å². The minimum atomic E-state index is -1.26. The van der Waals surface area contributed by atoms with Crippen molar-refractivity contribution < 1.29 is 24.6 Å². The highest BCUT2D eigenvalue weighted by atomic mass is 32.1. The molecular weight excluding hydrogens is 440 g/mol. The molecule has 2 unspecified atom stereocenters. The van der Waals surface area contributed by atoms with Crippen LogP contribution in [0.2, 0.25) is 0 Å². The molecule has 0 aliphatic heterocycles. The van der Waals surface area contributed by atoms with Crippen molar-refractivity contribution in [2.75, 3.05) is 5.32 Å². The van der Waals surface area contributed by atoms with Crippen molar-refractivity contribution in [3.63, 3.8) is 0 Å². The summed E-state index contributed by atoms with van der Waals surface area (Å²) in [4.78, 5) is 33.5. The zero-order valence-corrected chi connectivity index (χ0v) is 18.8. The Hall–Kier alpha value is -2.63. The molecule has 2 aliphatic rings. The fraction of sp³-hybridized carbons (Fsp3) is 0.450. The van der Waals surface area contributed by atoms with E-state index in [0.29, 0.717) is 29.2 Å². The van der Waals surface area contributed by atoms with Crippen LogP contribution in [-0.2, 0) is 9.59 Å². The normalized spacial score (nSPS) is 19.9. The molecule has 9 nitrogen and oxygen atoms in total. The van der Waals surface area contributed by atoms with Crippen LogP contribution < -0.4 is 10.6 Å². The van der Waals surface area contributed by atoms with E-state index in [4.69, 9.17) is 10.2 Å². The number of anilines is 1. The Morgan fingerprint density at radius 1 is 1.10 bits per heavy atom. The van der Waals surface area contributed by atoms with Gasteiger partial charge in [-0.3, -0.25) is 10.1 Å². The smallest absolute Gasteiger partial charge is 0.328 e. The van der Waals surface area contributed by atoms with Crippen LogP contribution in [0.25, 0.3) is 0 Å². The second-order valence-corrected chi connectivity index (χ2v) is 9.89. The van der Waals surface area contributed by atoms with Gasteiger partial charge >= 0.3 is 11.9 Å². The lowest BCUT2D eigenvalue weighted by Crippen LogP contribution is -2.37. The topological polar surface area (TPSA) is 142 Å². The summed E-state index contributed by atoms with van der Waals surface area (Å²) in [5.41, 5.74) is 1.34. The molecule has 4 N–H and O–H groups in total. The van der Waals surface area contributed by atoms with Crippen LogP contribution in [0.3, 0.4) is 0 Å². The summed E-state index contributed by atoms with van der Waals surface area (Å²) in [6.07, 6.45) is 6.32. The van der Waals surface area contributed by atoms with Gasteiger partial charge < -0.3 is 15.5 Å². The van der Waals surface area contributed by atoms with Crippen LogP contribution in [0.5, 0.6) is 0 Å². The molecule has 2 saturated carbocycles. The maximum absolute atomic E-state index is 12.4. The maximum Gasteiger partial charge on any atom is 0.328 e. The van der Waals surface area contributed by atoms with Crippen LogP contribution in [0.4, 0.5) is 5.13 Å². The summed E-state index contributed by atoms with van der Waals surface area (Å²) < 4.78 is 0. The fourth-order valence-electron chi connectivity index (χ4n) is 3.23. The zero-order valence-electron chi connectivity index (χ0n) is 17.1. The Kier molecular flexibility index (Phi) is 7.52. The van der Waals surface area contributed by atoms with Gasteiger partial charge in [0.1, 0.15) is 5.01 Å². The highest BCUT2D eigenvalue weighted by molar-refractivity contribution is 7.16. The lowest BCUT2D eigenvalue weighted by molar-refractivity contribution is -0.134. The maximum atomic E-state index is 12.4. The minimum absolute atomic E-state index is 0.0790. The molecular formula is C20H24N4O5S2. The first kappa shape index (κ1) is 23.0. The number of aliphatic carboxylic acids is 2. The first-order valence-electron chi connectivity index (χ1n) is 9.84. The molecule has 11 heteroatoms. The number of thiophene rings is 1. The summed E-state index contributed by atoms with van der Waals surface area (Å²) in [7, 11) is 0. The van der Waals surface area contributed by atoms with Gasteiger partial charge in [0.25, 0.3) is 5.91 Å². The summed E-state index contributed by atoms with van der Waals surface area (Å²) in [5.74, 6) is -2.01. The third-order valence-corrected chi connectivity index (χ3v) is 6.86. The molecule has 2 atom stereocenters. The van der Waals surface area contributed by atoms with Crippen molar-refractivity contribution in [2.24, 2.45) is 0 Å². The van der Waals surface area contributed by atoms with Gasteiger partial charge in [0.2, 0.25) is 5.13 Å². The molecule has 0 spiro atoms. The highest BCUT2D eigenvalue weighted by Gasteiger charge is 2.41. The summed E-state index contributed by atoms with van der Waals surface area (Å²) in [6.45, 7) is 3.99. The Morgan fingerprint density at radius 3 is 2.29 bits per heavy atom. The second-order valence-electron chi connectivity index (χ2n) is 7.46. The average molecular weight is 465 g/mol. The number of aryl methyl sites for hydroxylation is 2. The average Bonchev–Trinajstić information content (AvgIpc) is 3.14. The van der Waals surface area contributed by atoms with Gasteiger partial charge in [-0.25, -0.2) is 9.59 Å². The molecule has 2 aromatic rings. The number of nitrogens with one attached hydrogen (secondary N) is 2. The number of carboxylic acids is 2. The molecule has 1 amide bonds. The Balaban J connectivity index is 0.000000293. The molecule has 0 radical (unpaired) electrons. The number of carbonyl (C=O) groups is 3. The van der Waals surface area contributed by atoms with Gasteiger partial charge in [-0.1, -0.05) is 17.8 Å². The van der Waals surface area contributed by atoms with Gasteiger partial charge in [0.15, 0.2) is 0 Å². The van der Waals surface area contributed by atoms with E-state index >= 15 is 0 Å². The van der Waals surface area contributed by atoms with Crippen LogP contribution in [0.1, 0.15) is 56.7 Å². The number of hydrogen-bond acceptors (Lipinski definition) is 8. The number of aromatic nitrogens is 2. The quantitative estimate of drug-likeness (QED) is 0.458. The van der Waals surface area contributed by atoms with Gasteiger partial charge in [0.05, 0.1) is 4.88 Å². The Morgan fingerprint density at radius 2 is 1.77 bits per heavy atom. The number of hydrogen-bond donors (Lipinski definition) is 4. The number of carbonyl (C=O) groups excluding carboxylic acids is 1. The largest absolute Gasteiger partial charge is 0.478 e. The van der Waals surface area contributed by atoms with Gasteiger partial charge in [-0.05, 0) is 44.7 Å². The monoisotopic (exact) mass is 464 g/mol. The number of rotatable bonds is 7. The lowest BCUT2D eigenvalue weighted by Gasteiger charge is -2.26. The van der Waals surface area contributed by atoms with E-state index in [9.17, 15) is 14.4 Å². The highest BCUT2D eigenvalue weighted by Crippen LogP contribution is 2.45. The zero-order chi connectivity index (χ0) is 22.5. The number of carboxylic acid groups (broad SMARTS) is 2. The molecule has 4 rings (SSSR count). The minimum Gasteiger partial charge on any atom is -0.478 e. The Labute approximate surface area is 187 Å². The van der Waals surface area contributed by atoms with Gasteiger partial charge in [-0.2, -0.15) is 0 Å². The molecule has 0 bridgehead atoms. The van der Waals surface area contributed by atoms with Crippen molar-refractivity contribution >= 4 is 45.7 Å². The van der Waals surface area contributed by atoms with Crippen molar-refractivity contribution in [1.82, 2.24) is 15.5 Å². The second kappa shape index (κ2) is 10.1. The predicted molar refractivity (Wildman–Crippen MR) is 118 cm³/mol. The third kappa shape index (κ3) is 6.68. The molecule has 0 aromatic carbocycles. The van der Waals surface area contributed by atoms with Crippen molar-refractivity contribution in [3.05, 3.63) is 38.5 Å². The lowest BCUT2D eigenvalue weighted by atomic mass is 9.93. The molecule has 2 heterocycles. The van der Waals surface area contributed by atoms with Crippen LogP contribution in [-0.4, -0.2) is 50.3 Å². The fourth-order valence-corrected chi connectivity index (χ4v) is 4.80. The van der Waals surface area contributed by atoms with Crippen molar-refractivity contribution in [2.45, 2.75) is 57.5 Å². The number of nitrogens with zero attached hydrogens (tertiary/aromatic N) is 2. The molecule has 31 heavy (non-hydrogen) atoms. The van der Waals surface area contributed by atoms with Gasteiger partial charge in [-0.15, -0.1) is 21.5 Å². The molecule has 2 aromatic heterocycles. The van der Waals surface area contributed by atoms with Gasteiger partial charge in [0, 0.05) is 35.0 Å². The van der Waals surface area contributed by atoms with E-state index in [1.165, 1.54) is 47.5 Å². The van der Waals surface area contributed by atoms with Crippen LogP contribution in [0, 0.1) is 13.8 Å². The van der Waals surface area contributed by atoms with Crippen molar-refractivity contribution in [1.29, 1.82) is 0 Å². The van der Waals surface area contributed by atoms with E-state index in [0.717, 1.165) is 15.9 Å². The van der Waals surface area contributed by atoms with Crippen molar-refractivity contribution in [3.8, 4) is 0 Å². The molecule has 0 saturated heterocycles. The SMILES string of the molecule is Cc1nnc(NC(=O)c2cc(C3CC3NC3CCC3)c(C)s2)s1.O=C(O)/C=C/C(=O)O. The first-order valence-corrected chi connectivity index (χ1v) is 11.5. The predicted octanol–water partition coefficient (Wildman–Crippen LogP) is 3.18. The molecule has 2 fully saturated rings. The standard InChI is InChI=1S/C16H20N4OS2.C4H4O4/c1-8-11(12-6-13(12)17-10-4-3-5-10)7-14(22-8)15(21)18-16-20-19-9(2)23-16;5-3(6)1-2-4(7)8/h7,10,12-13,17H,3-6H2,1-2H3,(H,18,20,21);1-2H,(H,5,6)(H,7,8)/b;2-1+. The summed E-state index contributed by atoms with van der Waals surface area (Å²) in [6, 6.07) is 3.40. The van der Waals surface area contributed by atoms with E-state index in [1.54, 1.807) is 11.3 Å². The Bertz CT molecular complexity index is 980. The summed E-state index contributed by atoms with van der Waals surface area (Å²) >= 11 is 2.97.